The Morgan fingerprint density at radius 3 is 1.19 bits per heavy atom. The first-order valence-corrected chi connectivity index (χ1v) is 21.8. The maximum Gasteiger partial charge on any atom is 0.306 e. The number of ether oxygens (including phenoxy) is 2. The average Bonchev–Trinajstić information content (AvgIpc) is 3.09. The molecule has 0 aromatic heterocycles. The Morgan fingerprint density at radius 2 is 0.812 bits per heavy atom. The van der Waals surface area contributed by atoms with Gasteiger partial charge < -0.3 is 14.6 Å². The van der Waals surface area contributed by atoms with Crippen LogP contribution in [0.2, 0.25) is 0 Å². The van der Waals surface area contributed by atoms with E-state index in [4.69, 9.17) is 9.47 Å². The van der Waals surface area contributed by atoms with Gasteiger partial charge in [-0.25, -0.2) is 0 Å². The summed E-state index contributed by atoms with van der Waals surface area (Å²) in [6, 6.07) is 0. The van der Waals surface area contributed by atoms with Crippen molar-refractivity contribution in [2.75, 3.05) is 19.8 Å². The highest BCUT2D eigenvalue weighted by molar-refractivity contribution is 5.69. The third-order valence-electron chi connectivity index (χ3n) is 9.84. The van der Waals surface area contributed by atoms with Gasteiger partial charge in [-0.15, -0.1) is 0 Å². The monoisotopic (exact) mass is 679 g/mol. The SMILES string of the molecule is CCCCCCCC/C=C\CCCCCCCCCC(=O)OC(CO)COCCCCCCCCCCCCCCCCCCCCC. The maximum absolute atomic E-state index is 12.2. The van der Waals surface area contributed by atoms with Crippen LogP contribution in [0.1, 0.15) is 239 Å². The molecule has 0 aliphatic carbocycles. The van der Waals surface area contributed by atoms with Crippen molar-refractivity contribution in [1.82, 2.24) is 0 Å². The number of unbranched alkanes of at least 4 members (excludes halogenated alkanes) is 31. The lowest BCUT2D eigenvalue weighted by molar-refractivity contribution is -0.154. The van der Waals surface area contributed by atoms with Crippen LogP contribution in [0.5, 0.6) is 0 Å². The van der Waals surface area contributed by atoms with Gasteiger partial charge in [0.25, 0.3) is 0 Å². The molecule has 0 spiro atoms. The van der Waals surface area contributed by atoms with Crippen LogP contribution in [0.3, 0.4) is 0 Å². The van der Waals surface area contributed by atoms with Crippen molar-refractivity contribution in [2.24, 2.45) is 0 Å². The molecule has 0 radical (unpaired) electrons. The molecule has 4 nitrogen and oxygen atoms in total. The number of aliphatic hydroxyl groups excluding tert-OH is 1. The third kappa shape index (κ3) is 39.6. The van der Waals surface area contributed by atoms with Gasteiger partial charge >= 0.3 is 5.97 Å². The fourth-order valence-electron chi connectivity index (χ4n) is 6.56. The Balaban J connectivity index is 3.38. The van der Waals surface area contributed by atoms with E-state index in [2.05, 4.69) is 26.0 Å². The molecule has 0 aromatic carbocycles. The van der Waals surface area contributed by atoms with Crippen molar-refractivity contribution in [1.29, 1.82) is 0 Å². The molecule has 1 N–H and O–H groups in total. The van der Waals surface area contributed by atoms with Crippen LogP contribution >= 0.6 is 0 Å². The topological polar surface area (TPSA) is 55.8 Å². The summed E-state index contributed by atoms with van der Waals surface area (Å²) >= 11 is 0. The number of esters is 1. The first-order chi connectivity index (χ1) is 23.7. The zero-order chi connectivity index (χ0) is 34.9. The Kier molecular flexibility index (Phi) is 41.5. The Bertz CT molecular complexity index is 633. The Morgan fingerprint density at radius 1 is 0.479 bits per heavy atom. The number of rotatable bonds is 41. The summed E-state index contributed by atoms with van der Waals surface area (Å²) in [5.74, 6) is -0.200. The summed E-state index contributed by atoms with van der Waals surface area (Å²) in [7, 11) is 0. The standard InChI is InChI=1S/C44H86O4/c1-3-5-7-9-11-13-15-17-19-21-22-24-26-28-30-32-34-36-38-40-47-42-43(41-45)48-44(46)39-37-35-33-31-29-27-25-23-20-18-16-14-12-10-8-6-4-2/h18,20,43,45H,3-17,19,21-42H2,1-2H3/b20-18-. The predicted octanol–water partition coefficient (Wildman–Crippen LogP) is 14.2. The normalized spacial score (nSPS) is 12.3. The molecule has 4 heteroatoms. The lowest BCUT2D eigenvalue weighted by atomic mass is 10.0. The van der Waals surface area contributed by atoms with E-state index < -0.39 is 6.10 Å². The molecule has 0 saturated carbocycles. The minimum absolute atomic E-state index is 0.167. The molecular formula is C44H86O4. The Hall–Kier alpha value is -0.870. The smallest absolute Gasteiger partial charge is 0.306 e. The number of hydrogen-bond donors (Lipinski definition) is 1. The molecular weight excluding hydrogens is 592 g/mol. The van der Waals surface area contributed by atoms with Crippen molar-refractivity contribution in [3.8, 4) is 0 Å². The molecule has 0 heterocycles. The minimum atomic E-state index is -0.530. The summed E-state index contributed by atoms with van der Waals surface area (Å²) in [6.45, 7) is 5.38. The summed E-state index contributed by atoms with van der Waals surface area (Å²) in [5, 5.41) is 9.60. The van der Waals surface area contributed by atoms with Crippen LogP contribution in [0.15, 0.2) is 12.2 Å². The second-order valence-electron chi connectivity index (χ2n) is 14.8. The van der Waals surface area contributed by atoms with Crippen molar-refractivity contribution in [3.05, 3.63) is 12.2 Å². The summed E-state index contributed by atoms with van der Waals surface area (Å²) in [5.41, 5.74) is 0. The number of aliphatic hydroxyl groups is 1. The van der Waals surface area contributed by atoms with Crippen molar-refractivity contribution in [3.63, 3.8) is 0 Å². The van der Waals surface area contributed by atoms with Crippen molar-refractivity contribution >= 4 is 5.97 Å². The largest absolute Gasteiger partial charge is 0.457 e. The second-order valence-corrected chi connectivity index (χ2v) is 14.8. The van der Waals surface area contributed by atoms with Crippen LogP contribution in [-0.4, -0.2) is 37.0 Å². The zero-order valence-corrected chi connectivity index (χ0v) is 32.8. The highest BCUT2D eigenvalue weighted by Crippen LogP contribution is 2.15. The molecule has 0 amide bonds. The highest BCUT2D eigenvalue weighted by Gasteiger charge is 2.13. The van der Waals surface area contributed by atoms with Crippen LogP contribution in [0.25, 0.3) is 0 Å². The van der Waals surface area contributed by atoms with Gasteiger partial charge in [-0.3, -0.25) is 4.79 Å². The van der Waals surface area contributed by atoms with Crippen LogP contribution in [0.4, 0.5) is 0 Å². The summed E-state index contributed by atoms with van der Waals surface area (Å²) in [6.07, 6.45) is 49.9. The fourth-order valence-corrected chi connectivity index (χ4v) is 6.56. The van der Waals surface area contributed by atoms with Gasteiger partial charge in [0.2, 0.25) is 0 Å². The first-order valence-electron chi connectivity index (χ1n) is 21.8. The molecule has 286 valence electrons. The van der Waals surface area contributed by atoms with E-state index in [9.17, 15) is 9.90 Å². The van der Waals surface area contributed by atoms with Gasteiger partial charge in [-0.2, -0.15) is 0 Å². The number of hydrogen-bond acceptors (Lipinski definition) is 4. The molecule has 1 unspecified atom stereocenters. The molecule has 1 atom stereocenters. The molecule has 0 aromatic rings. The van der Waals surface area contributed by atoms with E-state index in [1.165, 1.54) is 199 Å². The number of carbonyl (C=O) groups is 1. The second kappa shape index (κ2) is 42.3. The summed E-state index contributed by atoms with van der Waals surface area (Å²) in [4.78, 5) is 12.2. The van der Waals surface area contributed by atoms with E-state index in [0.29, 0.717) is 19.6 Å². The van der Waals surface area contributed by atoms with Crippen molar-refractivity contribution in [2.45, 2.75) is 245 Å². The zero-order valence-electron chi connectivity index (χ0n) is 32.8. The van der Waals surface area contributed by atoms with Crippen LogP contribution in [-0.2, 0) is 14.3 Å². The number of carbonyl (C=O) groups excluding carboxylic acids is 1. The lowest BCUT2D eigenvalue weighted by Crippen LogP contribution is -2.27. The Labute approximate surface area is 301 Å². The van der Waals surface area contributed by atoms with E-state index in [0.717, 1.165) is 19.3 Å². The van der Waals surface area contributed by atoms with Crippen molar-refractivity contribution < 1.29 is 19.4 Å². The average molecular weight is 679 g/mol. The van der Waals surface area contributed by atoms with Gasteiger partial charge in [0.1, 0.15) is 6.10 Å². The highest BCUT2D eigenvalue weighted by atomic mass is 16.6. The molecule has 48 heavy (non-hydrogen) atoms. The lowest BCUT2D eigenvalue weighted by Gasteiger charge is -2.16. The third-order valence-corrected chi connectivity index (χ3v) is 9.84. The quantitative estimate of drug-likeness (QED) is 0.0397. The van der Waals surface area contributed by atoms with Crippen LogP contribution in [0, 0.1) is 0 Å². The van der Waals surface area contributed by atoms with Gasteiger partial charge in [-0.05, 0) is 38.5 Å². The summed E-state index contributed by atoms with van der Waals surface area (Å²) < 4.78 is 11.2. The van der Waals surface area contributed by atoms with Crippen LogP contribution < -0.4 is 0 Å². The maximum atomic E-state index is 12.2. The number of allylic oxidation sites excluding steroid dienone is 2. The van der Waals surface area contributed by atoms with Gasteiger partial charge in [0.15, 0.2) is 0 Å². The first kappa shape index (κ1) is 47.1. The molecule has 0 rings (SSSR count). The molecule has 0 bridgehead atoms. The molecule has 0 aliphatic heterocycles. The fraction of sp³-hybridized carbons (Fsp3) is 0.932. The predicted molar refractivity (Wildman–Crippen MR) is 210 cm³/mol. The molecule has 0 aliphatic rings. The van der Waals surface area contributed by atoms with E-state index in [1.54, 1.807) is 0 Å². The van der Waals surface area contributed by atoms with E-state index in [1.807, 2.05) is 0 Å². The van der Waals surface area contributed by atoms with Gasteiger partial charge in [-0.1, -0.05) is 206 Å². The van der Waals surface area contributed by atoms with Gasteiger partial charge in [0, 0.05) is 13.0 Å². The van der Waals surface area contributed by atoms with E-state index in [-0.39, 0.29) is 12.6 Å². The minimum Gasteiger partial charge on any atom is -0.457 e. The molecule has 0 saturated heterocycles. The van der Waals surface area contributed by atoms with Gasteiger partial charge in [0.05, 0.1) is 13.2 Å². The van der Waals surface area contributed by atoms with E-state index >= 15 is 0 Å². The molecule has 0 fully saturated rings.